The lowest BCUT2D eigenvalue weighted by molar-refractivity contribution is -0.689. The molecule has 19 heavy (non-hydrogen) atoms. The summed E-state index contributed by atoms with van der Waals surface area (Å²) in [6.45, 7) is 4.69. The second-order valence-corrected chi connectivity index (χ2v) is 5.55. The molecule has 0 unspecified atom stereocenters. The minimum atomic E-state index is 0. The monoisotopic (exact) mass is 316 g/mol. The smallest absolute Gasteiger partial charge is 0.225 e. The summed E-state index contributed by atoms with van der Waals surface area (Å²) in [5.74, 6) is 2.15. The van der Waals surface area contributed by atoms with Crippen LogP contribution in [-0.4, -0.2) is 15.7 Å². The van der Waals surface area contributed by atoms with Crippen LogP contribution in [-0.2, 0) is 13.0 Å². The summed E-state index contributed by atoms with van der Waals surface area (Å²) < 4.78 is 2.19. The van der Waals surface area contributed by atoms with Gasteiger partial charge in [0, 0.05) is 13.1 Å². The molecule has 0 atom stereocenters. The number of aromatic nitrogens is 3. The van der Waals surface area contributed by atoms with Crippen LogP contribution in [0.15, 0.2) is 11.7 Å². The van der Waals surface area contributed by atoms with E-state index in [0.29, 0.717) is 11.6 Å². The van der Waals surface area contributed by atoms with Gasteiger partial charge in [0.15, 0.2) is 12.2 Å². The Morgan fingerprint density at radius 3 is 2.79 bits per heavy atom. The lowest BCUT2D eigenvalue weighted by atomic mass is 10.2. The van der Waals surface area contributed by atoms with Crippen LogP contribution in [0.1, 0.15) is 22.0 Å². The Labute approximate surface area is 128 Å². The molecule has 7 heteroatoms. The Morgan fingerprint density at radius 1 is 1.42 bits per heavy atom. The van der Waals surface area contributed by atoms with Gasteiger partial charge in [0.05, 0.1) is 10.4 Å². The number of nitrogens with zero attached hydrogens (tertiary/aromatic N) is 3. The highest BCUT2D eigenvalue weighted by Crippen LogP contribution is 2.14. The van der Waals surface area contributed by atoms with E-state index in [1.165, 1.54) is 10.6 Å². The van der Waals surface area contributed by atoms with Crippen LogP contribution < -0.4 is 22.7 Å². The molecule has 0 bridgehead atoms. The normalized spacial score (nSPS) is 10.3. The van der Waals surface area contributed by atoms with Crippen molar-refractivity contribution in [1.29, 1.82) is 0 Å². The summed E-state index contributed by atoms with van der Waals surface area (Å²) >= 11 is 6.03. The molecule has 0 saturated carbocycles. The molecule has 2 rings (SSSR count). The summed E-state index contributed by atoms with van der Waals surface area (Å²) in [4.78, 5) is 9.75. The first-order chi connectivity index (χ1) is 8.61. The molecular formula is C12H17ClN4S2. The van der Waals surface area contributed by atoms with Gasteiger partial charge in [-0.25, -0.2) is 9.97 Å². The minimum Gasteiger partial charge on any atom is -1.00 e. The highest BCUT2D eigenvalue weighted by atomic mass is 35.5. The standard InChI is InChI=1S/C12H16N4S2.ClH/c1-8-11(3-4-17)18-7-16(8)6-10-5-14-9(2)15-12(10)13;/h5,7H,3-4,6H2,1-2H3,(H2-,13,14,15,17);1H. The first-order valence-corrected chi connectivity index (χ1v) is 7.28. The zero-order valence-electron chi connectivity index (χ0n) is 10.9. The van der Waals surface area contributed by atoms with E-state index in [1.54, 1.807) is 17.5 Å². The molecule has 2 heterocycles. The van der Waals surface area contributed by atoms with E-state index in [4.69, 9.17) is 5.73 Å². The van der Waals surface area contributed by atoms with Crippen LogP contribution in [0.5, 0.6) is 0 Å². The summed E-state index contributed by atoms with van der Waals surface area (Å²) in [5.41, 5.74) is 10.3. The highest BCUT2D eigenvalue weighted by Gasteiger charge is 2.16. The maximum Gasteiger partial charge on any atom is 0.225 e. The highest BCUT2D eigenvalue weighted by molar-refractivity contribution is 7.80. The molecule has 0 fully saturated rings. The maximum absolute atomic E-state index is 5.91. The predicted molar refractivity (Wildman–Crippen MR) is 77.1 cm³/mol. The number of nitrogen functional groups attached to an aromatic ring is 1. The first kappa shape index (κ1) is 16.2. The Hall–Kier alpha value is -0.850. The number of thiazole rings is 1. The third-order valence-corrected chi connectivity index (χ3v) is 4.22. The van der Waals surface area contributed by atoms with Gasteiger partial charge in [-0.3, -0.25) is 0 Å². The van der Waals surface area contributed by atoms with Gasteiger partial charge in [0.1, 0.15) is 11.6 Å². The number of nitrogens with two attached hydrogens (primary N) is 1. The lowest BCUT2D eigenvalue weighted by Gasteiger charge is -2.01. The van der Waals surface area contributed by atoms with Gasteiger partial charge in [0.25, 0.3) is 0 Å². The van der Waals surface area contributed by atoms with E-state index in [0.717, 1.165) is 24.3 Å². The zero-order valence-corrected chi connectivity index (χ0v) is 13.4. The zero-order chi connectivity index (χ0) is 13.1. The van der Waals surface area contributed by atoms with Gasteiger partial charge in [0.2, 0.25) is 5.51 Å². The Morgan fingerprint density at radius 2 is 2.16 bits per heavy atom. The van der Waals surface area contributed by atoms with Crippen molar-refractivity contribution in [3.8, 4) is 0 Å². The molecular weight excluding hydrogens is 300 g/mol. The SMILES string of the molecule is Cc1ncc(C[n+]2csc(CCS)c2C)c(N)n1.[Cl-]. The molecule has 0 radical (unpaired) electrons. The molecule has 2 N–H and O–H groups in total. The number of anilines is 1. The van der Waals surface area contributed by atoms with Crippen molar-refractivity contribution in [3.05, 3.63) is 33.7 Å². The van der Waals surface area contributed by atoms with Gasteiger partial charge < -0.3 is 18.1 Å². The van der Waals surface area contributed by atoms with E-state index < -0.39 is 0 Å². The summed E-state index contributed by atoms with van der Waals surface area (Å²) in [6, 6.07) is 0. The molecule has 0 aliphatic heterocycles. The minimum absolute atomic E-state index is 0. The van der Waals surface area contributed by atoms with Crippen molar-refractivity contribution in [2.75, 3.05) is 11.5 Å². The van der Waals surface area contributed by atoms with E-state index >= 15 is 0 Å². The molecule has 2 aromatic heterocycles. The molecule has 2 aromatic rings. The van der Waals surface area contributed by atoms with Crippen molar-refractivity contribution in [3.63, 3.8) is 0 Å². The molecule has 0 aliphatic carbocycles. The van der Waals surface area contributed by atoms with Crippen molar-refractivity contribution >= 4 is 29.8 Å². The molecule has 0 spiro atoms. The third kappa shape index (κ3) is 3.81. The topological polar surface area (TPSA) is 55.7 Å². The van der Waals surface area contributed by atoms with Gasteiger partial charge in [-0.05, 0) is 19.1 Å². The van der Waals surface area contributed by atoms with Crippen LogP contribution in [0.4, 0.5) is 5.82 Å². The van der Waals surface area contributed by atoms with Crippen LogP contribution >= 0.6 is 24.0 Å². The molecule has 4 nitrogen and oxygen atoms in total. The fourth-order valence-electron chi connectivity index (χ4n) is 1.77. The van der Waals surface area contributed by atoms with Crippen molar-refractivity contribution in [1.82, 2.24) is 9.97 Å². The Balaban J connectivity index is 0.00000180. The van der Waals surface area contributed by atoms with Crippen LogP contribution in [0, 0.1) is 13.8 Å². The van der Waals surface area contributed by atoms with Crippen LogP contribution in [0.3, 0.4) is 0 Å². The Kier molecular flexibility index (Phi) is 6.03. The fraction of sp³-hybridized carbons (Fsp3) is 0.417. The van der Waals surface area contributed by atoms with Gasteiger partial charge in [-0.15, -0.1) is 0 Å². The number of aryl methyl sites for hydroxylation is 2. The number of halogens is 1. The summed E-state index contributed by atoms with van der Waals surface area (Å²) in [6.07, 6.45) is 2.81. The van der Waals surface area contributed by atoms with Gasteiger partial charge in [-0.1, -0.05) is 11.3 Å². The number of hydrogen-bond acceptors (Lipinski definition) is 5. The molecule has 0 saturated heterocycles. The maximum atomic E-state index is 5.91. The number of rotatable bonds is 4. The quantitative estimate of drug-likeness (QED) is 0.536. The van der Waals surface area contributed by atoms with E-state index in [-0.39, 0.29) is 12.4 Å². The third-order valence-electron chi connectivity index (χ3n) is 2.85. The second kappa shape index (κ2) is 7.07. The van der Waals surface area contributed by atoms with Crippen LogP contribution in [0.2, 0.25) is 0 Å². The summed E-state index contributed by atoms with van der Waals surface area (Å²) in [7, 11) is 0. The van der Waals surface area contributed by atoms with Gasteiger partial charge in [-0.2, -0.15) is 17.2 Å². The summed E-state index contributed by atoms with van der Waals surface area (Å²) in [5, 5.41) is 0. The molecule has 0 aliphatic rings. The largest absolute Gasteiger partial charge is 1.00 e. The average Bonchev–Trinajstić information content (AvgIpc) is 2.66. The lowest BCUT2D eigenvalue weighted by Crippen LogP contribution is -3.00. The second-order valence-electron chi connectivity index (χ2n) is 4.16. The predicted octanol–water partition coefficient (Wildman–Crippen LogP) is -1.45. The van der Waals surface area contributed by atoms with Gasteiger partial charge >= 0.3 is 0 Å². The number of hydrogen-bond donors (Lipinski definition) is 2. The van der Waals surface area contributed by atoms with Crippen molar-refractivity contribution in [2.45, 2.75) is 26.8 Å². The van der Waals surface area contributed by atoms with Crippen molar-refractivity contribution in [2.24, 2.45) is 0 Å². The van der Waals surface area contributed by atoms with E-state index in [9.17, 15) is 0 Å². The van der Waals surface area contributed by atoms with Crippen LogP contribution in [0.25, 0.3) is 0 Å². The molecule has 0 amide bonds. The molecule has 104 valence electrons. The van der Waals surface area contributed by atoms with Crippen molar-refractivity contribution < 1.29 is 17.0 Å². The van der Waals surface area contributed by atoms with E-state index in [2.05, 4.69) is 39.6 Å². The average molecular weight is 317 g/mol. The molecule has 0 aromatic carbocycles. The number of thiol groups is 1. The van der Waals surface area contributed by atoms with E-state index in [1.807, 2.05) is 6.92 Å². The first-order valence-electron chi connectivity index (χ1n) is 5.77. The Bertz CT molecular complexity index is 557. The fourth-order valence-corrected chi connectivity index (χ4v) is 3.14.